The number of aliphatic hydroxyl groups excluding tert-OH is 1. The molecular formula is C78H152O17P2. The van der Waals surface area contributed by atoms with Crippen LogP contribution < -0.4 is 0 Å². The summed E-state index contributed by atoms with van der Waals surface area (Å²) in [6, 6.07) is 0. The first-order valence-electron chi connectivity index (χ1n) is 40.5. The molecule has 0 amide bonds. The van der Waals surface area contributed by atoms with Crippen molar-refractivity contribution in [2.75, 3.05) is 39.6 Å². The van der Waals surface area contributed by atoms with Crippen LogP contribution in [0.25, 0.3) is 0 Å². The molecule has 0 rings (SSSR count). The molecule has 0 aromatic rings. The molecule has 0 saturated carbocycles. The molecule has 0 aliphatic rings. The predicted octanol–water partition coefficient (Wildman–Crippen LogP) is 23.1. The first kappa shape index (κ1) is 95.1. The summed E-state index contributed by atoms with van der Waals surface area (Å²) >= 11 is 0. The maximum atomic E-state index is 13.1. The van der Waals surface area contributed by atoms with Crippen molar-refractivity contribution in [3.63, 3.8) is 0 Å². The van der Waals surface area contributed by atoms with Crippen LogP contribution in [0, 0.1) is 11.8 Å². The highest BCUT2D eigenvalue weighted by Crippen LogP contribution is 2.45. The van der Waals surface area contributed by atoms with Crippen molar-refractivity contribution in [3.05, 3.63) is 0 Å². The summed E-state index contributed by atoms with van der Waals surface area (Å²) in [5, 5.41) is 10.6. The number of unbranched alkanes of at least 4 members (excludes halogenated alkanes) is 46. The Labute approximate surface area is 594 Å². The molecule has 0 heterocycles. The lowest BCUT2D eigenvalue weighted by molar-refractivity contribution is -0.161. The van der Waals surface area contributed by atoms with Crippen molar-refractivity contribution in [2.24, 2.45) is 11.8 Å². The fraction of sp³-hybridized carbons (Fsp3) is 0.949. The van der Waals surface area contributed by atoms with Gasteiger partial charge in [-0.15, -0.1) is 0 Å². The van der Waals surface area contributed by atoms with Crippen molar-refractivity contribution in [1.82, 2.24) is 0 Å². The van der Waals surface area contributed by atoms with Gasteiger partial charge in [0.25, 0.3) is 0 Å². The van der Waals surface area contributed by atoms with E-state index in [9.17, 15) is 43.2 Å². The van der Waals surface area contributed by atoms with Crippen molar-refractivity contribution in [2.45, 2.75) is 426 Å². The van der Waals surface area contributed by atoms with Gasteiger partial charge in [-0.2, -0.15) is 0 Å². The second kappa shape index (κ2) is 69.8. The Kier molecular flexibility index (Phi) is 68.4. The molecule has 0 spiro atoms. The third kappa shape index (κ3) is 70.9. The molecule has 6 atom stereocenters. The second-order valence-electron chi connectivity index (χ2n) is 28.8. The number of carbonyl (C=O) groups excluding carboxylic acids is 4. The van der Waals surface area contributed by atoms with E-state index in [4.69, 9.17) is 37.0 Å². The zero-order valence-electron chi connectivity index (χ0n) is 63.4. The van der Waals surface area contributed by atoms with Gasteiger partial charge in [0.05, 0.1) is 26.4 Å². The maximum Gasteiger partial charge on any atom is 0.472 e. The number of phosphoric acid groups is 2. The quantitative estimate of drug-likeness (QED) is 0.0222. The van der Waals surface area contributed by atoms with Crippen molar-refractivity contribution in [3.8, 4) is 0 Å². The number of phosphoric ester groups is 2. The Bertz CT molecular complexity index is 1870. The lowest BCUT2D eigenvalue weighted by Crippen LogP contribution is -2.30. The molecule has 0 aliphatic carbocycles. The van der Waals surface area contributed by atoms with Crippen LogP contribution in [-0.4, -0.2) is 96.7 Å². The van der Waals surface area contributed by atoms with Crippen LogP contribution in [0.4, 0.5) is 0 Å². The Hall–Kier alpha value is -1.94. The van der Waals surface area contributed by atoms with Crippen LogP contribution in [0.1, 0.15) is 408 Å². The molecule has 0 aromatic heterocycles. The first-order chi connectivity index (χ1) is 46.9. The first-order valence-corrected chi connectivity index (χ1v) is 43.5. The van der Waals surface area contributed by atoms with E-state index in [1.807, 2.05) is 0 Å². The lowest BCUT2D eigenvalue weighted by atomic mass is 10.00. The van der Waals surface area contributed by atoms with E-state index in [0.29, 0.717) is 25.7 Å². The van der Waals surface area contributed by atoms with Gasteiger partial charge in [0.15, 0.2) is 12.2 Å². The summed E-state index contributed by atoms with van der Waals surface area (Å²) in [5.74, 6) is -0.599. The molecule has 17 nitrogen and oxygen atoms in total. The molecule has 576 valence electrons. The van der Waals surface area contributed by atoms with E-state index in [0.717, 1.165) is 108 Å². The SMILES string of the molecule is CCCCCCCCCCCCCCCCCCCC(=O)O[C@H](COC(=O)CCCCCCCCCCCCCCC(C)C)COP(=O)(O)OC[C@@H](O)COP(=O)(O)OC[C@@H](COC(=O)CCCCCCCCC(C)CC)OC(=O)CCCCCCCCCCCCCCCCC. The Morgan fingerprint density at radius 1 is 0.299 bits per heavy atom. The molecule has 3 N–H and O–H groups in total. The number of ether oxygens (including phenoxy) is 4. The maximum absolute atomic E-state index is 13.1. The molecule has 0 radical (unpaired) electrons. The van der Waals surface area contributed by atoms with Gasteiger partial charge in [0.2, 0.25) is 0 Å². The summed E-state index contributed by atoms with van der Waals surface area (Å²) in [4.78, 5) is 72.9. The van der Waals surface area contributed by atoms with E-state index in [1.54, 1.807) is 0 Å². The Morgan fingerprint density at radius 2 is 0.526 bits per heavy atom. The van der Waals surface area contributed by atoms with Gasteiger partial charge in [0, 0.05) is 25.7 Å². The molecule has 0 bridgehead atoms. The van der Waals surface area contributed by atoms with E-state index in [2.05, 4.69) is 41.5 Å². The zero-order valence-corrected chi connectivity index (χ0v) is 65.2. The number of hydrogen-bond acceptors (Lipinski definition) is 15. The molecule has 97 heavy (non-hydrogen) atoms. The summed E-state index contributed by atoms with van der Waals surface area (Å²) in [5.41, 5.74) is 0. The minimum Gasteiger partial charge on any atom is -0.462 e. The molecule has 3 unspecified atom stereocenters. The minimum absolute atomic E-state index is 0.107. The fourth-order valence-electron chi connectivity index (χ4n) is 12.0. The van der Waals surface area contributed by atoms with Crippen LogP contribution in [0.5, 0.6) is 0 Å². The van der Waals surface area contributed by atoms with Crippen molar-refractivity contribution >= 4 is 39.5 Å². The van der Waals surface area contributed by atoms with Gasteiger partial charge < -0.3 is 33.8 Å². The molecule has 0 aliphatic heterocycles. The molecule has 0 saturated heterocycles. The highest BCUT2D eigenvalue weighted by molar-refractivity contribution is 7.47. The van der Waals surface area contributed by atoms with Crippen LogP contribution in [0.15, 0.2) is 0 Å². The largest absolute Gasteiger partial charge is 0.472 e. The summed E-state index contributed by atoms with van der Waals surface area (Å²) < 4.78 is 68.6. The topological polar surface area (TPSA) is 237 Å². The van der Waals surface area contributed by atoms with Gasteiger partial charge in [-0.1, -0.05) is 356 Å². The normalized spacial score (nSPS) is 14.2. The van der Waals surface area contributed by atoms with Gasteiger partial charge in [0.1, 0.15) is 19.3 Å². The van der Waals surface area contributed by atoms with Gasteiger partial charge >= 0.3 is 39.5 Å². The second-order valence-corrected chi connectivity index (χ2v) is 31.7. The van der Waals surface area contributed by atoms with E-state index >= 15 is 0 Å². The minimum atomic E-state index is -4.96. The van der Waals surface area contributed by atoms with Crippen LogP contribution in [0.3, 0.4) is 0 Å². The molecular weight excluding hydrogens is 1270 g/mol. The molecule has 0 aromatic carbocycles. The van der Waals surface area contributed by atoms with E-state index in [-0.39, 0.29) is 25.7 Å². The predicted molar refractivity (Wildman–Crippen MR) is 395 cm³/mol. The summed E-state index contributed by atoms with van der Waals surface area (Å²) in [6.07, 6.45) is 58.2. The van der Waals surface area contributed by atoms with Gasteiger partial charge in [-0.25, -0.2) is 9.13 Å². The van der Waals surface area contributed by atoms with Gasteiger partial charge in [-0.05, 0) is 37.5 Å². The van der Waals surface area contributed by atoms with E-state index < -0.39 is 97.5 Å². The standard InChI is InChI=1S/C78H152O17P2/c1-7-10-12-14-16-18-20-22-24-25-27-29-35-39-43-51-57-62-77(82)94-73(66-88-75(80)60-54-48-41-37-33-31-30-32-36-40-46-52-58-70(4)5)68-92-96(84,85)90-64-72(79)65-91-97(86,87)93-69-74(67-89-76(81)61-55-49-45-44-47-53-59-71(6)9-3)95-78(83)63-56-50-42-38-34-28-26-23-21-19-17-15-13-11-8-2/h70-74,79H,7-69H2,1-6H3,(H,84,85)(H,86,87)/t71?,72-,73-,74-/m1/s1. The monoisotopic (exact) mass is 1420 g/mol. The van der Waals surface area contributed by atoms with Crippen LogP contribution in [0.2, 0.25) is 0 Å². The third-order valence-electron chi connectivity index (χ3n) is 18.6. The van der Waals surface area contributed by atoms with E-state index in [1.165, 1.54) is 218 Å². The van der Waals surface area contributed by atoms with Crippen LogP contribution in [-0.2, 0) is 65.4 Å². The third-order valence-corrected chi connectivity index (χ3v) is 20.5. The smallest absolute Gasteiger partial charge is 0.462 e. The summed E-state index contributed by atoms with van der Waals surface area (Å²) in [6.45, 7) is 9.59. The Morgan fingerprint density at radius 3 is 0.784 bits per heavy atom. The van der Waals surface area contributed by atoms with Crippen molar-refractivity contribution < 1.29 is 80.2 Å². The average molecular weight is 1420 g/mol. The Balaban J connectivity index is 5.25. The zero-order chi connectivity index (χ0) is 71.4. The molecule has 0 fully saturated rings. The van der Waals surface area contributed by atoms with Crippen molar-refractivity contribution in [1.29, 1.82) is 0 Å². The number of rotatable bonds is 77. The van der Waals surface area contributed by atoms with Crippen LogP contribution >= 0.6 is 15.6 Å². The number of carbonyl (C=O) groups is 4. The summed E-state index contributed by atoms with van der Waals surface area (Å²) in [7, 11) is -9.92. The van der Waals surface area contributed by atoms with Gasteiger partial charge in [-0.3, -0.25) is 37.3 Å². The fourth-order valence-corrected chi connectivity index (χ4v) is 13.6. The molecule has 19 heteroatoms. The average Bonchev–Trinajstić information content (AvgIpc) is 1.25. The highest BCUT2D eigenvalue weighted by atomic mass is 31.2. The number of hydrogen-bond donors (Lipinski definition) is 3. The number of esters is 4. The highest BCUT2D eigenvalue weighted by Gasteiger charge is 2.30. The lowest BCUT2D eigenvalue weighted by Gasteiger charge is -2.21. The number of aliphatic hydroxyl groups is 1.